The number of rotatable bonds is 5. The molecule has 0 spiro atoms. The Labute approximate surface area is 177 Å². The summed E-state index contributed by atoms with van der Waals surface area (Å²) in [6, 6.07) is 7.12. The molecule has 7 heteroatoms. The molecule has 0 saturated carbocycles. The third kappa shape index (κ3) is 5.97. The Morgan fingerprint density at radius 2 is 2.07 bits per heavy atom. The molecule has 158 valence electrons. The lowest BCUT2D eigenvalue weighted by atomic mass is 9.94. The van der Waals surface area contributed by atoms with E-state index >= 15 is 0 Å². The van der Waals surface area contributed by atoms with Gasteiger partial charge in [0.05, 0.1) is 12.7 Å². The van der Waals surface area contributed by atoms with E-state index in [-0.39, 0.29) is 11.3 Å². The normalized spacial score (nSPS) is 17.1. The number of halogens is 1. The minimum atomic E-state index is -0.555. The number of ether oxygens (including phenoxy) is 1. The van der Waals surface area contributed by atoms with Gasteiger partial charge in [0.15, 0.2) is 6.10 Å². The summed E-state index contributed by atoms with van der Waals surface area (Å²) in [4.78, 5) is 21.4. The van der Waals surface area contributed by atoms with Crippen LogP contribution in [0.5, 0.6) is 5.75 Å². The summed E-state index contributed by atoms with van der Waals surface area (Å²) in [5.41, 5.74) is -0.0492. The molecule has 2 aromatic rings. The second-order valence-electron chi connectivity index (χ2n) is 8.54. The zero-order valence-corrected chi connectivity index (χ0v) is 18.4. The fraction of sp³-hybridized carbons (Fsp3) is 0.545. The van der Waals surface area contributed by atoms with Crippen molar-refractivity contribution in [2.45, 2.75) is 52.2 Å². The van der Waals surface area contributed by atoms with Crippen molar-refractivity contribution in [3.63, 3.8) is 0 Å². The number of amides is 1. The van der Waals surface area contributed by atoms with Crippen molar-refractivity contribution in [3.8, 4) is 5.75 Å². The minimum absolute atomic E-state index is 0.00188. The summed E-state index contributed by atoms with van der Waals surface area (Å²) < 4.78 is 11.7. The van der Waals surface area contributed by atoms with Crippen molar-refractivity contribution in [2.75, 3.05) is 26.2 Å². The molecule has 0 bridgehead atoms. The molecule has 1 aromatic heterocycles. The van der Waals surface area contributed by atoms with E-state index in [9.17, 15) is 4.79 Å². The van der Waals surface area contributed by atoms with Gasteiger partial charge in [-0.25, -0.2) is 4.98 Å². The van der Waals surface area contributed by atoms with Crippen molar-refractivity contribution in [1.29, 1.82) is 0 Å². The number of nitrogens with zero attached hydrogens (tertiary/aromatic N) is 3. The van der Waals surface area contributed by atoms with Gasteiger partial charge in [0.2, 0.25) is 5.89 Å². The maximum Gasteiger partial charge on any atom is 0.263 e. The van der Waals surface area contributed by atoms with Crippen molar-refractivity contribution < 1.29 is 13.9 Å². The molecule has 0 radical (unpaired) electrons. The van der Waals surface area contributed by atoms with E-state index in [4.69, 9.17) is 20.8 Å². The third-order valence-corrected chi connectivity index (χ3v) is 5.24. The topological polar surface area (TPSA) is 58.8 Å². The van der Waals surface area contributed by atoms with Crippen LogP contribution in [-0.4, -0.2) is 53.0 Å². The molecule has 6 nitrogen and oxygen atoms in total. The predicted molar refractivity (Wildman–Crippen MR) is 113 cm³/mol. The molecule has 0 aliphatic carbocycles. The SMILES string of the molecule is CC(Oc1cccc(Cl)c1)C(=O)N1CCCN(Cc2ncc(C(C)(C)C)o2)CC1. The summed E-state index contributed by atoms with van der Waals surface area (Å²) in [7, 11) is 0. The Balaban J connectivity index is 1.53. The second-order valence-corrected chi connectivity index (χ2v) is 8.98. The number of aromatic nitrogens is 1. The summed E-state index contributed by atoms with van der Waals surface area (Å²) in [5, 5.41) is 0.591. The quantitative estimate of drug-likeness (QED) is 0.729. The summed E-state index contributed by atoms with van der Waals surface area (Å²) in [5.74, 6) is 2.23. The molecular weight excluding hydrogens is 390 g/mol. The first kappa shape index (κ1) is 21.7. The van der Waals surface area contributed by atoms with Gasteiger partial charge in [0, 0.05) is 36.6 Å². The van der Waals surface area contributed by atoms with Crippen LogP contribution in [0.2, 0.25) is 5.02 Å². The number of carbonyl (C=O) groups excluding carboxylic acids is 1. The Morgan fingerprint density at radius 1 is 1.28 bits per heavy atom. The first-order valence-corrected chi connectivity index (χ1v) is 10.5. The highest BCUT2D eigenvalue weighted by molar-refractivity contribution is 6.30. The standard InChI is InChI=1S/C22H30ClN3O3/c1-16(28-18-8-5-7-17(23)13-18)21(27)26-10-6-9-25(11-12-26)15-20-24-14-19(29-20)22(2,3)4/h5,7-8,13-14,16H,6,9-12,15H2,1-4H3. The lowest BCUT2D eigenvalue weighted by Crippen LogP contribution is -2.42. The Morgan fingerprint density at radius 3 is 2.76 bits per heavy atom. The van der Waals surface area contributed by atoms with E-state index in [0.29, 0.717) is 23.9 Å². The molecule has 3 rings (SSSR count). The molecular formula is C22H30ClN3O3. The van der Waals surface area contributed by atoms with Gasteiger partial charge < -0.3 is 14.1 Å². The maximum atomic E-state index is 12.8. The monoisotopic (exact) mass is 419 g/mol. The van der Waals surface area contributed by atoms with E-state index in [1.165, 1.54) is 0 Å². The zero-order chi connectivity index (χ0) is 21.0. The Kier molecular flexibility index (Phi) is 6.85. The van der Waals surface area contributed by atoms with Crippen LogP contribution in [0.1, 0.15) is 45.8 Å². The van der Waals surface area contributed by atoms with Gasteiger partial charge in [-0.05, 0) is 31.5 Å². The summed E-state index contributed by atoms with van der Waals surface area (Å²) >= 11 is 5.99. The van der Waals surface area contributed by atoms with Crippen LogP contribution in [0.4, 0.5) is 0 Å². The maximum absolute atomic E-state index is 12.8. The molecule has 1 unspecified atom stereocenters. The molecule has 1 aliphatic rings. The van der Waals surface area contributed by atoms with Gasteiger partial charge in [-0.3, -0.25) is 9.69 Å². The van der Waals surface area contributed by atoms with Gasteiger partial charge in [-0.2, -0.15) is 0 Å². The minimum Gasteiger partial charge on any atom is -0.481 e. The largest absolute Gasteiger partial charge is 0.481 e. The molecule has 1 atom stereocenters. The number of hydrogen-bond acceptors (Lipinski definition) is 5. The molecule has 2 heterocycles. The van der Waals surface area contributed by atoms with Crippen LogP contribution in [0.15, 0.2) is 34.9 Å². The van der Waals surface area contributed by atoms with Crippen LogP contribution >= 0.6 is 11.6 Å². The van der Waals surface area contributed by atoms with Gasteiger partial charge in [0.1, 0.15) is 11.5 Å². The highest BCUT2D eigenvalue weighted by Gasteiger charge is 2.26. The summed E-state index contributed by atoms with van der Waals surface area (Å²) in [6.07, 6.45) is 2.17. The highest BCUT2D eigenvalue weighted by Crippen LogP contribution is 2.23. The Bertz CT molecular complexity index is 831. The second kappa shape index (κ2) is 9.18. The first-order chi connectivity index (χ1) is 13.7. The number of hydrogen-bond donors (Lipinski definition) is 0. The van der Waals surface area contributed by atoms with Crippen LogP contribution in [0, 0.1) is 0 Å². The van der Waals surface area contributed by atoms with Crippen LogP contribution < -0.4 is 4.74 Å². The molecule has 1 amide bonds. The van der Waals surface area contributed by atoms with Crippen LogP contribution in [0.25, 0.3) is 0 Å². The third-order valence-electron chi connectivity index (χ3n) is 5.01. The van der Waals surface area contributed by atoms with Crippen molar-refractivity contribution in [3.05, 3.63) is 47.1 Å². The molecule has 1 aromatic carbocycles. The number of oxazole rings is 1. The lowest BCUT2D eigenvalue weighted by molar-refractivity contribution is -0.137. The van der Waals surface area contributed by atoms with Crippen LogP contribution in [-0.2, 0) is 16.8 Å². The lowest BCUT2D eigenvalue weighted by Gasteiger charge is -2.25. The average Bonchev–Trinajstić information content (AvgIpc) is 3.00. The van der Waals surface area contributed by atoms with E-state index in [1.807, 2.05) is 23.2 Å². The van der Waals surface area contributed by atoms with E-state index in [0.717, 1.165) is 37.7 Å². The fourth-order valence-electron chi connectivity index (χ4n) is 3.32. The van der Waals surface area contributed by atoms with Gasteiger partial charge in [0.25, 0.3) is 5.91 Å². The number of benzene rings is 1. The van der Waals surface area contributed by atoms with E-state index in [1.54, 1.807) is 19.1 Å². The molecule has 1 aliphatic heterocycles. The van der Waals surface area contributed by atoms with Gasteiger partial charge in [-0.1, -0.05) is 38.4 Å². The smallest absolute Gasteiger partial charge is 0.263 e. The fourth-order valence-corrected chi connectivity index (χ4v) is 3.50. The Hall–Kier alpha value is -2.05. The molecule has 29 heavy (non-hydrogen) atoms. The molecule has 0 N–H and O–H groups in total. The van der Waals surface area contributed by atoms with Gasteiger partial charge >= 0.3 is 0 Å². The molecule has 1 saturated heterocycles. The van der Waals surface area contributed by atoms with Crippen LogP contribution in [0.3, 0.4) is 0 Å². The molecule has 1 fully saturated rings. The summed E-state index contributed by atoms with van der Waals surface area (Å²) in [6.45, 7) is 11.8. The van der Waals surface area contributed by atoms with Crippen molar-refractivity contribution in [2.24, 2.45) is 0 Å². The van der Waals surface area contributed by atoms with E-state index < -0.39 is 6.10 Å². The van der Waals surface area contributed by atoms with Crippen molar-refractivity contribution in [1.82, 2.24) is 14.8 Å². The average molecular weight is 420 g/mol. The zero-order valence-electron chi connectivity index (χ0n) is 17.7. The predicted octanol–water partition coefficient (Wildman–Crippen LogP) is 4.13. The highest BCUT2D eigenvalue weighted by atomic mass is 35.5. The van der Waals surface area contributed by atoms with Gasteiger partial charge in [-0.15, -0.1) is 0 Å². The first-order valence-electron chi connectivity index (χ1n) is 10.1. The van der Waals surface area contributed by atoms with Crippen molar-refractivity contribution >= 4 is 17.5 Å². The number of carbonyl (C=O) groups is 1. The van der Waals surface area contributed by atoms with E-state index in [2.05, 4.69) is 30.7 Å².